The Hall–Kier alpha value is -0.500. The molecule has 6 aliphatic rings. The zero-order chi connectivity index (χ0) is 27.3. The summed E-state index contributed by atoms with van der Waals surface area (Å²) in [5.74, 6) is 1.14. The molecule has 6 fully saturated rings. The highest BCUT2D eigenvalue weighted by atomic mass is 16.7. The minimum atomic E-state index is -1.38. The highest BCUT2D eigenvalue weighted by molar-refractivity contribution is 5.25. The van der Waals surface area contributed by atoms with Gasteiger partial charge in [-0.2, -0.15) is 0 Å². The highest BCUT2D eigenvalue weighted by Crippen LogP contribution is 2.78. The molecule has 0 amide bonds. The Balaban J connectivity index is 1.50. The van der Waals surface area contributed by atoms with E-state index in [-0.39, 0.29) is 45.9 Å². The summed E-state index contributed by atoms with van der Waals surface area (Å²) in [5.41, 5.74) is -0.431. The fraction of sp³-hybridized carbons (Fsp3) is 0.935. The topological polar surface area (TPSA) is 99.4 Å². The molecule has 4 aliphatic carbocycles. The summed E-state index contributed by atoms with van der Waals surface area (Å²) in [4.78, 5) is 0. The summed E-state index contributed by atoms with van der Waals surface area (Å²) in [7, 11) is 1.78. The average molecular weight is 521 g/mol. The van der Waals surface area contributed by atoms with Crippen molar-refractivity contribution in [3.63, 3.8) is 0 Å². The number of aliphatic hydroxyl groups is 4. The van der Waals surface area contributed by atoms with E-state index in [4.69, 9.17) is 9.47 Å². The third-order valence-corrected chi connectivity index (χ3v) is 12.9. The summed E-state index contributed by atoms with van der Waals surface area (Å²) in [6, 6.07) is 0. The molecule has 12 atom stereocenters. The first kappa shape index (κ1) is 28.0. The number of hydrogen-bond acceptors (Lipinski definition) is 6. The standard InChI is InChI=1S/C31H52O6/c1-17(15-21(33)25(34)28(4,5)35)18-9-12-29(6)19(18)16-20(32)24-30(29,7)13-10-22-27(2,3)23-11-14-31(22,24)26(36-8)37-23/h15,18-26,32-35H,9-14,16H2,1-8H3/b17-15+/t18-,19-,20-,21+,22+,23+,24+,25+,26+,29-,30-,31-/m1/s1. The van der Waals surface area contributed by atoms with Gasteiger partial charge >= 0.3 is 0 Å². The van der Waals surface area contributed by atoms with Crippen LogP contribution in [0.25, 0.3) is 0 Å². The second-order valence-electron chi connectivity index (χ2n) is 15.1. The molecule has 212 valence electrons. The van der Waals surface area contributed by atoms with Crippen molar-refractivity contribution in [2.45, 2.75) is 130 Å². The predicted octanol–water partition coefficient (Wildman–Crippen LogP) is 4.43. The zero-order valence-corrected chi connectivity index (χ0v) is 24.3. The second-order valence-corrected chi connectivity index (χ2v) is 15.1. The van der Waals surface area contributed by atoms with E-state index in [1.165, 1.54) is 13.8 Å². The smallest absolute Gasteiger partial charge is 0.163 e. The lowest BCUT2D eigenvalue weighted by Crippen LogP contribution is -2.74. The van der Waals surface area contributed by atoms with Crippen molar-refractivity contribution in [2.24, 2.45) is 45.3 Å². The number of fused-ring (bicyclic) bond motifs is 5. The SMILES string of the molecule is CO[C@H]1O[C@H]2CC[C@@]13[C@H]1[C@H](O)C[C@@H]4[C@@H](/C(C)=C/[C@H](O)[C@H](O)C(C)(C)O)CC[C@@]4(C)[C@]1(C)CC[C@H]3C2(C)C. The van der Waals surface area contributed by atoms with Gasteiger partial charge in [-0.05, 0) is 99.7 Å². The Morgan fingerprint density at radius 2 is 1.68 bits per heavy atom. The summed E-state index contributed by atoms with van der Waals surface area (Å²) in [5, 5.41) is 43.4. The monoisotopic (exact) mass is 520 g/mol. The lowest BCUT2D eigenvalue weighted by molar-refractivity contribution is -0.390. The van der Waals surface area contributed by atoms with E-state index in [0.717, 1.165) is 50.5 Å². The van der Waals surface area contributed by atoms with E-state index < -0.39 is 23.9 Å². The summed E-state index contributed by atoms with van der Waals surface area (Å²) in [6.45, 7) is 14.7. The Labute approximate surface area is 223 Å². The van der Waals surface area contributed by atoms with Crippen molar-refractivity contribution in [3.8, 4) is 0 Å². The number of hydrogen-bond donors (Lipinski definition) is 4. The van der Waals surface area contributed by atoms with Crippen LogP contribution in [0.5, 0.6) is 0 Å². The van der Waals surface area contributed by atoms with E-state index in [2.05, 4.69) is 27.7 Å². The Morgan fingerprint density at radius 3 is 2.30 bits per heavy atom. The lowest BCUT2D eigenvalue weighted by Gasteiger charge is -2.74. The molecule has 0 unspecified atom stereocenters. The molecule has 6 nitrogen and oxygen atoms in total. The Morgan fingerprint density at radius 1 is 1.03 bits per heavy atom. The Bertz CT molecular complexity index is 923. The normalized spacial score (nSPS) is 50.7. The molecule has 4 saturated carbocycles. The van der Waals surface area contributed by atoms with Crippen LogP contribution in [0.4, 0.5) is 0 Å². The van der Waals surface area contributed by atoms with Crippen LogP contribution in [0.2, 0.25) is 0 Å². The van der Waals surface area contributed by atoms with Gasteiger partial charge in [-0.15, -0.1) is 0 Å². The molecule has 6 rings (SSSR count). The van der Waals surface area contributed by atoms with Crippen LogP contribution in [0.3, 0.4) is 0 Å². The van der Waals surface area contributed by atoms with Gasteiger partial charge in [-0.25, -0.2) is 0 Å². The van der Waals surface area contributed by atoms with Gasteiger partial charge < -0.3 is 29.9 Å². The molecule has 0 aromatic carbocycles. The molecule has 6 heteroatoms. The van der Waals surface area contributed by atoms with Gasteiger partial charge in [-0.1, -0.05) is 39.3 Å². The van der Waals surface area contributed by atoms with Gasteiger partial charge in [0.2, 0.25) is 0 Å². The first-order valence-electron chi connectivity index (χ1n) is 14.7. The van der Waals surface area contributed by atoms with Gasteiger partial charge in [0.25, 0.3) is 0 Å². The molecule has 1 spiro atoms. The van der Waals surface area contributed by atoms with Crippen LogP contribution in [-0.4, -0.2) is 63.8 Å². The predicted molar refractivity (Wildman–Crippen MR) is 142 cm³/mol. The van der Waals surface area contributed by atoms with E-state index in [1.54, 1.807) is 13.2 Å². The third kappa shape index (κ3) is 3.65. The van der Waals surface area contributed by atoms with Crippen LogP contribution in [0, 0.1) is 45.3 Å². The van der Waals surface area contributed by atoms with Gasteiger partial charge in [0.1, 0.15) is 12.2 Å². The van der Waals surface area contributed by atoms with Crippen molar-refractivity contribution in [1.82, 2.24) is 0 Å². The lowest BCUT2D eigenvalue weighted by atomic mass is 9.33. The third-order valence-electron chi connectivity index (χ3n) is 12.9. The number of aliphatic hydroxyl groups excluding tert-OH is 3. The molecule has 0 aromatic heterocycles. The van der Waals surface area contributed by atoms with Crippen LogP contribution < -0.4 is 0 Å². The highest BCUT2D eigenvalue weighted by Gasteiger charge is 2.76. The van der Waals surface area contributed by atoms with Gasteiger partial charge in [-0.3, -0.25) is 0 Å². The maximum atomic E-state index is 12.1. The van der Waals surface area contributed by atoms with Crippen LogP contribution >= 0.6 is 0 Å². The van der Waals surface area contributed by atoms with Crippen LogP contribution in [0.1, 0.15) is 93.4 Å². The summed E-state index contributed by atoms with van der Waals surface area (Å²) in [6.07, 6.45) is 6.07. The van der Waals surface area contributed by atoms with Crippen molar-refractivity contribution in [3.05, 3.63) is 11.6 Å². The Kier molecular flexibility index (Phi) is 6.63. The van der Waals surface area contributed by atoms with E-state index in [1.807, 2.05) is 6.92 Å². The van der Waals surface area contributed by atoms with Crippen molar-refractivity contribution < 1.29 is 29.9 Å². The van der Waals surface area contributed by atoms with E-state index in [0.29, 0.717) is 11.8 Å². The molecule has 2 heterocycles. The van der Waals surface area contributed by atoms with Gasteiger partial charge in [0, 0.05) is 18.4 Å². The number of methoxy groups -OCH3 is 1. The molecule has 0 radical (unpaired) electrons. The molecule has 37 heavy (non-hydrogen) atoms. The van der Waals surface area contributed by atoms with Gasteiger partial charge in [0.05, 0.1) is 17.8 Å². The molecule has 2 bridgehead atoms. The first-order valence-corrected chi connectivity index (χ1v) is 14.7. The number of ether oxygens (including phenoxy) is 2. The first-order chi connectivity index (χ1) is 17.1. The molecule has 2 aliphatic heterocycles. The molecule has 0 aromatic rings. The maximum Gasteiger partial charge on any atom is 0.163 e. The van der Waals surface area contributed by atoms with Crippen molar-refractivity contribution in [2.75, 3.05) is 7.11 Å². The molecular weight excluding hydrogens is 468 g/mol. The molecular formula is C31H52O6. The maximum absolute atomic E-state index is 12.1. The number of allylic oxidation sites excluding steroid dienone is 1. The van der Waals surface area contributed by atoms with E-state index in [9.17, 15) is 20.4 Å². The minimum Gasteiger partial charge on any atom is -0.393 e. The zero-order valence-electron chi connectivity index (χ0n) is 24.3. The van der Waals surface area contributed by atoms with Crippen molar-refractivity contribution in [1.29, 1.82) is 0 Å². The summed E-state index contributed by atoms with van der Waals surface area (Å²) >= 11 is 0. The fourth-order valence-electron chi connectivity index (χ4n) is 11.0. The van der Waals surface area contributed by atoms with Crippen molar-refractivity contribution >= 4 is 0 Å². The minimum absolute atomic E-state index is 0.0485. The quantitative estimate of drug-likeness (QED) is 0.400. The summed E-state index contributed by atoms with van der Waals surface area (Å²) < 4.78 is 12.7. The second kappa shape index (κ2) is 8.75. The van der Waals surface area contributed by atoms with Crippen LogP contribution in [0.15, 0.2) is 11.6 Å². The average Bonchev–Trinajstić information content (AvgIpc) is 3.15. The van der Waals surface area contributed by atoms with Crippen LogP contribution in [-0.2, 0) is 9.47 Å². The molecule has 2 saturated heterocycles. The van der Waals surface area contributed by atoms with Gasteiger partial charge in [0.15, 0.2) is 6.29 Å². The number of rotatable bonds is 5. The largest absolute Gasteiger partial charge is 0.393 e. The fourth-order valence-corrected chi connectivity index (χ4v) is 11.0. The molecule has 4 N–H and O–H groups in total. The van der Waals surface area contributed by atoms with E-state index >= 15 is 0 Å².